The maximum atomic E-state index is 12.3. The normalized spacial score (nSPS) is 30.3. The van der Waals surface area contributed by atoms with Crippen molar-refractivity contribution in [1.29, 1.82) is 0 Å². The fourth-order valence-electron chi connectivity index (χ4n) is 2.86. The predicted octanol–water partition coefficient (Wildman–Crippen LogP) is 0.792. The van der Waals surface area contributed by atoms with E-state index >= 15 is 0 Å². The van der Waals surface area contributed by atoms with Crippen molar-refractivity contribution in [3.63, 3.8) is 0 Å². The zero-order valence-corrected chi connectivity index (χ0v) is 11.1. The van der Waals surface area contributed by atoms with Crippen molar-refractivity contribution in [2.75, 3.05) is 20.1 Å². The summed E-state index contributed by atoms with van der Waals surface area (Å²) in [6.07, 6.45) is 2.80. The minimum absolute atomic E-state index is 0.0713. The smallest absolute Gasteiger partial charge is 0.303 e. The SMILES string of the molecule is CC1CN(C)C(=O)C(CCC(=O)O)N(C2CC2)C1. The van der Waals surface area contributed by atoms with Gasteiger partial charge < -0.3 is 10.0 Å². The molecule has 1 aliphatic heterocycles. The third kappa shape index (κ3) is 3.02. The van der Waals surface area contributed by atoms with Crippen LogP contribution < -0.4 is 0 Å². The van der Waals surface area contributed by atoms with Crippen LogP contribution in [0.2, 0.25) is 0 Å². The molecule has 2 aliphatic rings. The molecule has 2 fully saturated rings. The lowest BCUT2D eigenvalue weighted by Gasteiger charge is -2.29. The summed E-state index contributed by atoms with van der Waals surface area (Å²) in [7, 11) is 1.82. The highest BCUT2D eigenvalue weighted by Gasteiger charge is 2.41. The van der Waals surface area contributed by atoms with E-state index in [0.29, 0.717) is 18.4 Å². The van der Waals surface area contributed by atoms with E-state index in [1.807, 2.05) is 7.05 Å². The van der Waals surface area contributed by atoms with Gasteiger partial charge in [-0.05, 0) is 25.2 Å². The Morgan fingerprint density at radius 3 is 2.61 bits per heavy atom. The zero-order chi connectivity index (χ0) is 13.3. The monoisotopic (exact) mass is 254 g/mol. The molecule has 1 saturated carbocycles. The van der Waals surface area contributed by atoms with Crippen molar-refractivity contribution >= 4 is 11.9 Å². The van der Waals surface area contributed by atoms with E-state index in [-0.39, 0.29) is 18.4 Å². The first-order valence-electron chi connectivity index (χ1n) is 6.71. The molecule has 0 aromatic rings. The Labute approximate surface area is 108 Å². The summed E-state index contributed by atoms with van der Waals surface area (Å²) < 4.78 is 0. The van der Waals surface area contributed by atoms with Gasteiger partial charge in [-0.15, -0.1) is 0 Å². The van der Waals surface area contributed by atoms with Crippen LogP contribution in [0.15, 0.2) is 0 Å². The largest absolute Gasteiger partial charge is 0.481 e. The Morgan fingerprint density at radius 2 is 2.06 bits per heavy atom. The Kier molecular flexibility index (Phi) is 3.90. The lowest BCUT2D eigenvalue weighted by Crippen LogP contribution is -2.46. The zero-order valence-electron chi connectivity index (χ0n) is 11.1. The number of hydrogen-bond donors (Lipinski definition) is 1. The number of carboxylic acids is 1. The Morgan fingerprint density at radius 1 is 1.39 bits per heavy atom. The van der Waals surface area contributed by atoms with Crippen LogP contribution in [0.5, 0.6) is 0 Å². The number of carboxylic acid groups (broad SMARTS) is 1. The summed E-state index contributed by atoms with van der Waals surface area (Å²) in [5.74, 6) is -0.277. The first-order valence-corrected chi connectivity index (χ1v) is 6.71. The lowest BCUT2D eigenvalue weighted by molar-refractivity contribution is -0.138. The standard InChI is InChI=1S/C13H22N2O3/c1-9-7-14(2)13(18)11(5-6-12(16)17)15(8-9)10-3-4-10/h9-11H,3-8H2,1-2H3,(H,16,17). The van der Waals surface area contributed by atoms with Crippen LogP contribution in [0, 0.1) is 5.92 Å². The van der Waals surface area contributed by atoms with E-state index in [4.69, 9.17) is 5.11 Å². The molecule has 1 heterocycles. The summed E-state index contributed by atoms with van der Waals surface area (Å²) >= 11 is 0. The highest BCUT2D eigenvalue weighted by Crippen LogP contribution is 2.32. The van der Waals surface area contributed by atoms with Crippen LogP contribution in [0.1, 0.15) is 32.6 Å². The van der Waals surface area contributed by atoms with E-state index in [2.05, 4.69) is 11.8 Å². The minimum Gasteiger partial charge on any atom is -0.481 e. The Bertz CT molecular complexity index is 341. The summed E-state index contributed by atoms with van der Waals surface area (Å²) in [5.41, 5.74) is 0. The summed E-state index contributed by atoms with van der Waals surface area (Å²) in [4.78, 5) is 27.1. The van der Waals surface area contributed by atoms with Gasteiger partial charge in [-0.3, -0.25) is 14.5 Å². The third-order valence-electron chi connectivity index (χ3n) is 3.82. The predicted molar refractivity (Wildman–Crippen MR) is 67.2 cm³/mol. The van der Waals surface area contributed by atoms with Gasteiger partial charge in [-0.25, -0.2) is 0 Å². The Balaban J connectivity index is 2.11. The van der Waals surface area contributed by atoms with Crippen LogP contribution in [-0.2, 0) is 9.59 Å². The maximum Gasteiger partial charge on any atom is 0.303 e. The Hall–Kier alpha value is -1.10. The highest BCUT2D eigenvalue weighted by molar-refractivity contribution is 5.82. The van der Waals surface area contributed by atoms with Crippen LogP contribution >= 0.6 is 0 Å². The third-order valence-corrected chi connectivity index (χ3v) is 3.82. The van der Waals surface area contributed by atoms with Crippen molar-refractivity contribution in [1.82, 2.24) is 9.80 Å². The molecule has 1 saturated heterocycles. The number of carbonyl (C=O) groups is 2. The molecular formula is C13H22N2O3. The van der Waals surface area contributed by atoms with Gasteiger partial charge in [-0.2, -0.15) is 0 Å². The molecule has 2 rings (SSSR count). The molecule has 0 aromatic heterocycles. The molecule has 5 nitrogen and oxygen atoms in total. The second kappa shape index (κ2) is 5.26. The van der Waals surface area contributed by atoms with Crippen molar-refractivity contribution in [3.8, 4) is 0 Å². The maximum absolute atomic E-state index is 12.3. The molecule has 0 aromatic carbocycles. The number of likely N-dealkylation sites (N-methyl/N-ethyl adjacent to an activating group) is 1. The molecule has 5 heteroatoms. The van der Waals surface area contributed by atoms with Crippen molar-refractivity contribution in [2.24, 2.45) is 5.92 Å². The number of amides is 1. The van der Waals surface area contributed by atoms with Crippen LogP contribution in [-0.4, -0.2) is 59.0 Å². The number of hydrogen-bond acceptors (Lipinski definition) is 3. The van der Waals surface area contributed by atoms with E-state index in [0.717, 1.165) is 25.9 Å². The van der Waals surface area contributed by atoms with Gasteiger partial charge >= 0.3 is 5.97 Å². The van der Waals surface area contributed by atoms with E-state index in [9.17, 15) is 9.59 Å². The quantitative estimate of drug-likeness (QED) is 0.806. The van der Waals surface area contributed by atoms with E-state index in [1.165, 1.54) is 0 Å². The van der Waals surface area contributed by atoms with Gasteiger partial charge in [0, 0.05) is 32.6 Å². The summed E-state index contributed by atoms with van der Waals surface area (Å²) in [6.45, 7) is 3.83. The molecule has 0 spiro atoms. The number of nitrogens with zero attached hydrogens (tertiary/aromatic N) is 2. The second-order valence-corrected chi connectivity index (χ2v) is 5.70. The minimum atomic E-state index is -0.821. The van der Waals surface area contributed by atoms with Crippen molar-refractivity contribution < 1.29 is 14.7 Å². The molecule has 2 unspecified atom stereocenters. The summed E-state index contributed by atoms with van der Waals surface area (Å²) in [6, 6.07) is 0.269. The summed E-state index contributed by atoms with van der Waals surface area (Å²) in [5, 5.41) is 8.82. The van der Waals surface area contributed by atoms with E-state index in [1.54, 1.807) is 4.90 Å². The second-order valence-electron chi connectivity index (χ2n) is 5.70. The molecule has 1 aliphatic carbocycles. The first-order chi connectivity index (χ1) is 8.49. The van der Waals surface area contributed by atoms with Crippen LogP contribution in [0.3, 0.4) is 0 Å². The van der Waals surface area contributed by atoms with Gasteiger partial charge in [0.25, 0.3) is 0 Å². The van der Waals surface area contributed by atoms with Crippen molar-refractivity contribution in [2.45, 2.75) is 44.7 Å². The topological polar surface area (TPSA) is 60.9 Å². The molecule has 1 amide bonds. The molecule has 1 N–H and O–H groups in total. The van der Waals surface area contributed by atoms with Gasteiger partial charge in [0.1, 0.15) is 0 Å². The van der Waals surface area contributed by atoms with Crippen molar-refractivity contribution in [3.05, 3.63) is 0 Å². The fourth-order valence-corrected chi connectivity index (χ4v) is 2.86. The molecule has 102 valence electrons. The average molecular weight is 254 g/mol. The van der Waals surface area contributed by atoms with Crippen LogP contribution in [0.4, 0.5) is 0 Å². The molecule has 2 atom stereocenters. The number of aliphatic carboxylic acids is 1. The lowest BCUT2D eigenvalue weighted by atomic mass is 10.1. The van der Waals surface area contributed by atoms with Gasteiger partial charge in [0.2, 0.25) is 5.91 Å². The van der Waals surface area contributed by atoms with Crippen LogP contribution in [0.25, 0.3) is 0 Å². The molecule has 18 heavy (non-hydrogen) atoms. The van der Waals surface area contributed by atoms with Gasteiger partial charge in [0.15, 0.2) is 0 Å². The van der Waals surface area contributed by atoms with E-state index < -0.39 is 5.97 Å². The highest BCUT2D eigenvalue weighted by atomic mass is 16.4. The number of carbonyl (C=O) groups excluding carboxylic acids is 1. The average Bonchev–Trinajstić information content (AvgIpc) is 3.09. The molecular weight excluding hydrogens is 232 g/mol. The van der Waals surface area contributed by atoms with Gasteiger partial charge in [0.05, 0.1) is 6.04 Å². The molecule has 0 radical (unpaired) electrons. The van der Waals surface area contributed by atoms with Gasteiger partial charge in [-0.1, -0.05) is 6.92 Å². The molecule has 0 bridgehead atoms. The first kappa shape index (κ1) is 13.3. The number of rotatable bonds is 4. The fraction of sp³-hybridized carbons (Fsp3) is 0.846.